The Kier molecular flexibility index (Phi) is 4.32. The van der Waals surface area contributed by atoms with Gasteiger partial charge in [0.2, 0.25) is 0 Å². The molecule has 2 heteroatoms. The first-order valence-corrected chi connectivity index (χ1v) is 7.39. The van der Waals surface area contributed by atoms with Crippen molar-refractivity contribution in [1.82, 2.24) is 10.2 Å². The van der Waals surface area contributed by atoms with Gasteiger partial charge >= 0.3 is 0 Å². The lowest BCUT2D eigenvalue weighted by Crippen LogP contribution is -2.38. The van der Waals surface area contributed by atoms with E-state index >= 15 is 0 Å². The lowest BCUT2D eigenvalue weighted by atomic mass is 9.87. The van der Waals surface area contributed by atoms with Crippen molar-refractivity contribution in [1.29, 1.82) is 0 Å². The molecule has 1 aliphatic rings. The van der Waals surface area contributed by atoms with Crippen molar-refractivity contribution in [3.8, 4) is 0 Å². The Labute approximate surface area is 118 Å². The Morgan fingerprint density at radius 3 is 2.68 bits per heavy atom. The van der Waals surface area contributed by atoms with Gasteiger partial charge < -0.3 is 5.32 Å². The first-order valence-electron chi connectivity index (χ1n) is 7.39. The van der Waals surface area contributed by atoms with Crippen LogP contribution in [0.25, 0.3) is 0 Å². The number of fused-ring (bicyclic) bond motifs is 1. The zero-order valence-electron chi connectivity index (χ0n) is 13.1. The average molecular weight is 260 g/mol. The third-order valence-corrected chi connectivity index (χ3v) is 4.50. The molecule has 1 N–H and O–H groups in total. The fraction of sp³-hybridized carbons (Fsp3) is 0.647. The summed E-state index contributed by atoms with van der Waals surface area (Å²) in [5.74, 6) is 0. The molecule has 0 aromatic heterocycles. The molecular weight excluding hydrogens is 232 g/mol. The number of hydrogen-bond acceptors (Lipinski definition) is 2. The normalized spacial score (nSPS) is 17.4. The highest BCUT2D eigenvalue weighted by Crippen LogP contribution is 2.25. The molecule has 0 saturated carbocycles. The molecule has 1 atom stereocenters. The van der Waals surface area contributed by atoms with Crippen molar-refractivity contribution in [2.45, 2.75) is 53.2 Å². The van der Waals surface area contributed by atoms with Crippen molar-refractivity contribution < 1.29 is 0 Å². The molecule has 2 rings (SSSR count). The van der Waals surface area contributed by atoms with Crippen molar-refractivity contribution in [2.75, 3.05) is 13.6 Å². The quantitative estimate of drug-likeness (QED) is 0.898. The van der Waals surface area contributed by atoms with E-state index in [1.807, 2.05) is 0 Å². The standard InChI is InChI=1S/C17H28N2/c1-13(17(2,3)4)19(5)12-14-6-7-15-8-9-18-11-16(15)10-14/h6-7,10,13,18H,8-9,11-12H2,1-5H3. The summed E-state index contributed by atoms with van der Waals surface area (Å²) >= 11 is 0. The van der Waals surface area contributed by atoms with E-state index < -0.39 is 0 Å². The van der Waals surface area contributed by atoms with Crippen LogP contribution in [-0.4, -0.2) is 24.5 Å². The summed E-state index contributed by atoms with van der Waals surface area (Å²) < 4.78 is 0. The van der Waals surface area contributed by atoms with Crippen LogP contribution in [-0.2, 0) is 19.5 Å². The Hall–Kier alpha value is -0.860. The van der Waals surface area contributed by atoms with Gasteiger partial charge in [0.05, 0.1) is 0 Å². The van der Waals surface area contributed by atoms with Gasteiger partial charge in [-0.25, -0.2) is 0 Å². The fourth-order valence-corrected chi connectivity index (χ4v) is 2.72. The molecule has 2 nitrogen and oxygen atoms in total. The van der Waals surface area contributed by atoms with Crippen molar-refractivity contribution in [2.24, 2.45) is 5.41 Å². The minimum Gasteiger partial charge on any atom is -0.312 e. The second-order valence-electron chi connectivity index (χ2n) is 6.99. The smallest absolute Gasteiger partial charge is 0.0233 e. The van der Waals surface area contributed by atoms with E-state index in [4.69, 9.17) is 0 Å². The zero-order chi connectivity index (χ0) is 14.0. The van der Waals surface area contributed by atoms with Gasteiger partial charge in [-0.1, -0.05) is 39.0 Å². The van der Waals surface area contributed by atoms with E-state index in [1.165, 1.54) is 23.1 Å². The van der Waals surface area contributed by atoms with E-state index in [1.54, 1.807) is 0 Å². The van der Waals surface area contributed by atoms with Crippen LogP contribution in [0.15, 0.2) is 18.2 Å². The molecular formula is C17H28N2. The van der Waals surface area contributed by atoms with Gasteiger partial charge in [-0.2, -0.15) is 0 Å². The van der Waals surface area contributed by atoms with Crippen LogP contribution in [0, 0.1) is 5.41 Å². The monoisotopic (exact) mass is 260 g/mol. The van der Waals surface area contributed by atoms with E-state index in [0.29, 0.717) is 11.5 Å². The first kappa shape index (κ1) is 14.5. The summed E-state index contributed by atoms with van der Waals surface area (Å²) in [5.41, 5.74) is 4.76. The van der Waals surface area contributed by atoms with Gasteiger partial charge in [0.25, 0.3) is 0 Å². The van der Waals surface area contributed by atoms with Crippen molar-refractivity contribution in [3.05, 3.63) is 34.9 Å². The molecule has 0 saturated heterocycles. The summed E-state index contributed by atoms with van der Waals surface area (Å²) in [6.07, 6.45) is 1.17. The number of nitrogens with zero attached hydrogens (tertiary/aromatic N) is 1. The third-order valence-electron chi connectivity index (χ3n) is 4.50. The summed E-state index contributed by atoms with van der Waals surface area (Å²) in [7, 11) is 2.23. The lowest BCUT2D eigenvalue weighted by molar-refractivity contribution is 0.134. The molecule has 1 unspecified atom stereocenters. The Morgan fingerprint density at radius 2 is 2.00 bits per heavy atom. The fourth-order valence-electron chi connectivity index (χ4n) is 2.72. The maximum absolute atomic E-state index is 3.45. The van der Waals surface area contributed by atoms with Crippen LogP contribution in [0.5, 0.6) is 0 Å². The number of nitrogens with one attached hydrogen (secondary N) is 1. The lowest BCUT2D eigenvalue weighted by Gasteiger charge is -2.35. The van der Waals surface area contributed by atoms with Crippen molar-refractivity contribution >= 4 is 0 Å². The second-order valence-corrected chi connectivity index (χ2v) is 6.99. The maximum atomic E-state index is 3.45. The van der Waals surface area contributed by atoms with Crippen LogP contribution in [0.3, 0.4) is 0 Å². The van der Waals surface area contributed by atoms with Gasteiger partial charge in [0.1, 0.15) is 0 Å². The van der Waals surface area contributed by atoms with E-state index in [-0.39, 0.29) is 0 Å². The topological polar surface area (TPSA) is 15.3 Å². The largest absolute Gasteiger partial charge is 0.312 e. The highest BCUT2D eigenvalue weighted by atomic mass is 15.1. The third kappa shape index (κ3) is 3.58. The van der Waals surface area contributed by atoms with Crippen LogP contribution in [0.1, 0.15) is 44.4 Å². The first-order chi connectivity index (χ1) is 8.88. The Balaban J connectivity index is 2.07. The second kappa shape index (κ2) is 5.64. The zero-order valence-corrected chi connectivity index (χ0v) is 13.1. The molecule has 106 valence electrons. The average Bonchev–Trinajstić information content (AvgIpc) is 2.36. The molecule has 0 bridgehead atoms. The molecule has 0 spiro atoms. The molecule has 1 heterocycles. The molecule has 1 aromatic carbocycles. The van der Waals surface area contributed by atoms with Crippen LogP contribution >= 0.6 is 0 Å². The van der Waals surface area contributed by atoms with Gasteiger partial charge in [-0.15, -0.1) is 0 Å². The highest BCUT2D eigenvalue weighted by Gasteiger charge is 2.23. The number of benzene rings is 1. The van der Waals surface area contributed by atoms with Gasteiger partial charge in [-0.05, 0) is 49.0 Å². The van der Waals surface area contributed by atoms with E-state index in [2.05, 4.69) is 63.2 Å². The van der Waals surface area contributed by atoms with Crippen LogP contribution < -0.4 is 5.32 Å². The summed E-state index contributed by atoms with van der Waals surface area (Å²) in [6.45, 7) is 12.4. The van der Waals surface area contributed by atoms with Crippen molar-refractivity contribution in [3.63, 3.8) is 0 Å². The number of rotatable bonds is 3. The maximum Gasteiger partial charge on any atom is 0.0233 e. The van der Waals surface area contributed by atoms with Crippen LogP contribution in [0.4, 0.5) is 0 Å². The highest BCUT2D eigenvalue weighted by molar-refractivity contribution is 5.33. The molecule has 0 fully saturated rings. The minimum absolute atomic E-state index is 0.324. The van der Waals surface area contributed by atoms with Gasteiger partial charge in [0, 0.05) is 19.1 Å². The summed E-state index contributed by atoms with van der Waals surface area (Å²) in [5, 5.41) is 3.45. The molecule has 0 radical (unpaired) electrons. The van der Waals surface area contributed by atoms with Gasteiger partial charge in [0.15, 0.2) is 0 Å². The number of hydrogen-bond donors (Lipinski definition) is 1. The Bertz CT molecular complexity index is 431. The predicted molar refractivity (Wildman–Crippen MR) is 82.2 cm³/mol. The molecule has 1 aromatic rings. The predicted octanol–water partition coefficient (Wildman–Crippen LogP) is 3.20. The molecule has 19 heavy (non-hydrogen) atoms. The van der Waals surface area contributed by atoms with E-state index in [0.717, 1.165) is 19.6 Å². The molecule has 1 aliphatic heterocycles. The summed E-state index contributed by atoms with van der Waals surface area (Å²) in [4.78, 5) is 2.46. The van der Waals surface area contributed by atoms with E-state index in [9.17, 15) is 0 Å². The minimum atomic E-state index is 0.324. The molecule has 0 amide bonds. The molecule has 0 aliphatic carbocycles. The Morgan fingerprint density at radius 1 is 1.26 bits per heavy atom. The van der Waals surface area contributed by atoms with Gasteiger partial charge in [-0.3, -0.25) is 4.90 Å². The SMILES string of the molecule is CC(N(C)Cc1ccc2c(c1)CNCC2)C(C)(C)C. The van der Waals surface area contributed by atoms with Crippen LogP contribution in [0.2, 0.25) is 0 Å². The summed E-state index contributed by atoms with van der Waals surface area (Å²) in [6, 6.07) is 7.58.